The number of amides is 1. The first kappa shape index (κ1) is 14.9. The molecule has 0 heterocycles. The number of carbonyl (C=O) groups excluding carboxylic acids is 1. The molecule has 0 fully saturated rings. The number of rotatable bonds is 8. The van der Waals surface area contributed by atoms with Gasteiger partial charge in [-0.25, -0.2) is 0 Å². The van der Waals surface area contributed by atoms with Gasteiger partial charge in [-0.2, -0.15) is 0 Å². The van der Waals surface area contributed by atoms with Crippen molar-refractivity contribution in [1.82, 2.24) is 10.2 Å². The van der Waals surface area contributed by atoms with Gasteiger partial charge in [-0.05, 0) is 13.5 Å². The van der Waals surface area contributed by atoms with Gasteiger partial charge in [0.05, 0.1) is 19.1 Å². The number of carbonyl (C=O) groups is 2. The number of carboxylic acids is 1. The lowest BCUT2D eigenvalue weighted by atomic mass is 10.2. The Labute approximate surface area is 95.2 Å². The maximum absolute atomic E-state index is 11.3. The van der Waals surface area contributed by atoms with Gasteiger partial charge in [-0.3, -0.25) is 14.5 Å². The third-order valence-electron chi connectivity index (χ3n) is 2.07. The van der Waals surface area contributed by atoms with Gasteiger partial charge in [-0.1, -0.05) is 6.92 Å². The van der Waals surface area contributed by atoms with Crippen LogP contribution in [0.1, 0.15) is 20.3 Å². The van der Waals surface area contributed by atoms with E-state index in [9.17, 15) is 14.7 Å². The van der Waals surface area contributed by atoms with Crippen molar-refractivity contribution in [3.63, 3.8) is 0 Å². The number of aliphatic carboxylic acids is 1. The van der Waals surface area contributed by atoms with E-state index in [-0.39, 0.29) is 25.4 Å². The Kier molecular flexibility index (Phi) is 7.49. The summed E-state index contributed by atoms with van der Waals surface area (Å²) in [6, 6.07) is 0. The normalized spacial score (nSPS) is 12.5. The number of likely N-dealkylation sites (N-methyl/N-ethyl adjacent to an activating group) is 2. The van der Waals surface area contributed by atoms with Crippen molar-refractivity contribution in [3.05, 3.63) is 0 Å². The molecule has 0 aromatic rings. The summed E-state index contributed by atoms with van der Waals surface area (Å²) in [5.74, 6) is -1.16. The Morgan fingerprint density at radius 1 is 1.38 bits per heavy atom. The van der Waals surface area contributed by atoms with E-state index >= 15 is 0 Å². The van der Waals surface area contributed by atoms with Crippen molar-refractivity contribution in [3.8, 4) is 0 Å². The average Bonchev–Trinajstić information content (AvgIpc) is 2.15. The number of aliphatic hydroxyl groups excluding tert-OH is 1. The lowest BCUT2D eigenvalue weighted by molar-refractivity contribution is -0.139. The van der Waals surface area contributed by atoms with E-state index in [0.717, 1.165) is 0 Å². The van der Waals surface area contributed by atoms with Crippen LogP contribution in [-0.4, -0.2) is 59.3 Å². The highest BCUT2D eigenvalue weighted by Crippen LogP contribution is 1.97. The molecule has 0 radical (unpaired) electrons. The fraction of sp³-hybridized carbons (Fsp3) is 0.800. The van der Waals surface area contributed by atoms with Crippen LogP contribution in [0.3, 0.4) is 0 Å². The van der Waals surface area contributed by atoms with Gasteiger partial charge >= 0.3 is 5.97 Å². The van der Waals surface area contributed by atoms with Crippen LogP contribution >= 0.6 is 0 Å². The van der Waals surface area contributed by atoms with Gasteiger partial charge in [0.1, 0.15) is 0 Å². The molecule has 16 heavy (non-hydrogen) atoms. The number of aliphatic hydroxyl groups is 1. The smallest absolute Gasteiger partial charge is 0.306 e. The second-order valence-electron chi connectivity index (χ2n) is 3.53. The molecule has 94 valence electrons. The Hall–Kier alpha value is -1.14. The van der Waals surface area contributed by atoms with Gasteiger partial charge in [0.2, 0.25) is 5.91 Å². The highest BCUT2D eigenvalue weighted by molar-refractivity contribution is 5.77. The third kappa shape index (κ3) is 7.19. The predicted molar refractivity (Wildman–Crippen MR) is 59.1 cm³/mol. The highest BCUT2D eigenvalue weighted by Gasteiger charge is 2.15. The molecular formula is C10H20N2O4. The van der Waals surface area contributed by atoms with E-state index in [4.69, 9.17) is 5.11 Å². The number of carboxylic acid groups (broad SMARTS) is 1. The molecule has 0 saturated heterocycles. The summed E-state index contributed by atoms with van der Waals surface area (Å²) in [6.45, 7) is 5.21. The molecule has 0 aromatic carbocycles. The summed E-state index contributed by atoms with van der Waals surface area (Å²) in [6.07, 6.45) is -1.24. The first-order chi connectivity index (χ1) is 7.49. The zero-order valence-corrected chi connectivity index (χ0v) is 9.77. The van der Waals surface area contributed by atoms with Gasteiger partial charge in [0.15, 0.2) is 0 Å². The van der Waals surface area contributed by atoms with Crippen molar-refractivity contribution in [1.29, 1.82) is 0 Å². The molecule has 0 aromatic heterocycles. The molecule has 0 saturated carbocycles. The Morgan fingerprint density at radius 2 is 2.00 bits per heavy atom. The van der Waals surface area contributed by atoms with Crippen LogP contribution in [0, 0.1) is 0 Å². The van der Waals surface area contributed by atoms with Gasteiger partial charge < -0.3 is 15.5 Å². The van der Waals surface area contributed by atoms with E-state index in [0.29, 0.717) is 13.1 Å². The minimum Gasteiger partial charge on any atom is -0.481 e. The van der Waals surface area contributed by atoms with Crippen LogP contribution in [0.5, 0.6) is 0 Å². The van der Waals surface area contributed by atoms with Gasteiger partial charge in [-0.15, -0.1) is 0 Å². The van der Waals surface area contributed by atoms with Crippen LogP contribution in [0.2, 0.25) is 0 Å². The van der Waals surface area contributed by atoms with Gasteiger partial charge in [0, 0.05) is 13.1 Å². The molecular weight excluding hydrogens is 212 g/mol. The van der Waals surface area contributed by atoms with Crippen LogP contribution in [0.4, 0.5) is 0 Å². The Bertz CT molecular complexity index is 233. The number of hydrogen-bond donors (Lipinski definition) is 3. The lowest BCUT2D eigenvalue weighted by Gasteiger charge is -2.22. The molecule has 0 bridgehead atoms. The van der Waals surface area contributed by atoms with E-state index in [1.807, 2.05) is 13.8 Å². The maximum Gasteiger partial charge on any atom is 0.306 e. The minimum atomic E-state index is -1.04. The van der Waals surface area contributed by atoms with Crippen LogP contribution in [0.25, 0.3) is 0 Å². The standard InChI is InChI=1S/C10H20N2O4/c1-3-11-9(14)7-12(4-2)6-8(13)5-10(15)16/h8,13H,3-7H2,1-2H3,(H,11,14)(H,15,16). The molecule has 1 amide bonds. The summed E-state index contributed by atoms with van der Waals surface area (Å²) in [7, 11) is 0. The van der Waals surface area contributed by atoms with E-state index in [1.54, 1.807) is 4.90 Å². The molecule has 6 heteroatoms. The van der Waals surface area contributed by atoms with Crippen molar-refractivity contribution >= 4 is 11.9 Å². The fourth-order valence-corrected chi connectivity index (χ4v) is 1.33. The molecule has 0 aliphatic heterocycles. The van der Waals surface area contributed by atoms with Gasteiger partial charge in [0.25, 0.3) is 0 Å². The second kappa shape index (κ2) is 8.06. The summed E-state index contributed by atoms with van der Waals surface area (Å²) < 4.78 is 0. The monoisotopic (exact) mass is 232 g/mol. The van der Waals surface area contributed by atoms with E-state index in [2.05, 4.69) is 5.32 Å². The fourth-order valence-electron chi connectivity index (χ4n) is 1.33. The molecule has 3 N–H and O–H groups in total. The Balaban J connectivity index is 3.99. The first-order valence-corrected chi connectivity index (χ1v) is 5.38. The SMILES string of the molecule is CCNC(=O)CN(CC)CC(O)CC(=O)O. The predicted octanol–water partition coefficient (Wildman–Crippen LogP) is -0.720. The molecule has 0 aliphatic carbocycles. The van der Waals surface area contributed by atoms with Crippen LogP contribution in [-0.2, 0) is 9.59 Å². The minimum absolute atomic E-state index is 0.119. The number of hydrogen-bond acceptors (Lipinski definition) is 4. The topological polar surface area (TPSA) is 89.9 Å². The molecule has 0 rings (SSSR count). The van der Waals surface area contributed by atoms with Crippen molar-refractivity contribution in [2.45, 2.75) is 26.4 Å². The van der Waals surface area contributed by atoms with E-state index in [1.165, 1.54) is 0 Å². The summed E-state index contributed by atoms with van der Waals surface area (Å²) >= 11 is 0. The third-order valence-corrected chi connectivity index (χ3v) is 2.07. The summed E-state index contributed by atoms with van der Waals surface area (Å²) in [5.41, 5.74) is 0. The molecule has 0 aliphatic rings. The average molecular weight is 232 g/mol. The quantitative estimate of drug-likeness (QED) is 0.514. The zero-order chi connectivity index (χ0) is 12.6. The molecule has 1 unspecified atom stereocenters. The number of nitrogens with one attached hydrogen (secondary N) is 1. The number of nitrogens with zero attached hydrogens (tertiary/aromatic N) is 1. The maximum atomic E-state index is 11.3. The highest BCUT2D eigenvalue weighted by atomic mass is 16.4. The van der Waals surface area contributed by atoms with Crippen molar-refractivity contribution in [2.24, 2.45) is 0 Å². The van der Waals surface area contributed by atoms with Crippen LogP contribution in [0.15, 0.2) is 0 Å². The zero-order valence-electron chi connectivity index (χ0n) is 9.77. The van der Waals surface area contributed by atoms with E-state index < -0.39 is 12.1 Å². The van der Waals surface area contributed by atoms with Crippen LogP contribution < -0.4 is 5.32 Å². The molecule has 6 nitrogen and oxygen atoms in total. The van der Waals surface area contributed by atoms with Crippen molar-refractivity contribution in [2.75, 3.05) is 26.2 Å². The second-order valence-corrected chi connectivity index (χ2v) is 3.53. The van der Waals surface area contributed by atoms with Crippen molar-refractivity contribution < 1.29 is 19.8 Å². The largest absolute Gasteiger partial charge is 0.481 e. The lowest BCUT2D eigenvalue weighted by Crippen LogP contribution is -2.41. The molecule has 1 atom stereocenters. The summed E-state index contributed by atoms with van der Waals surface area (Å²) in [4.78, 5) is 23.3. The summed E-state index contributed by atoms with van der Waals surface area (Å²) in [5, 5.41) is 20.5. The molecule has 0 spiro atoms. The first-order valence-electron chi connectivity index (χ1n) is 5.38. The Morgan fingerprint density at radius 3 is 2.44 bits per heavy atom.